The number of carbonyl (C=O) groups is 1. The van der Waals surface area contributed by atoms with Crippen LogP contribution in [0.2, 0.25) is 0 Å². The van der Waals surface area contributed by atoms with Crippen molar-refractivity contribution in [3.63, 3.8) is 0 Å². The SMILES string of the molecule is O=C(C1CCC(O)CC1)N1CC[C@H](c2ccc(C(F)(F)F)cc2)C1. The van der Waals surface area contributed by atoms with E-state index in [0.717, 1.165) is 37.0 Å². The highest BCUT2D eigenvalue weighted by Gasteiger charge is 2.34. The summed E-state index contributed by atoms with van der Waals surface area (Å²) >= 11 is 0. The van der Waals surface area contributed by atoms with Crippen LogP contribution in [0.4, 0.5) is 13.2 Å². The summed E-state index contributed by atoms with van der Waals surface area (Å²) in [5.41, 5.74) is 0.218. The Morgan fingerprint density at radius 3 is 2.25 bits per heavy atom. The van der Waals surface area contributed by atoms with E-state index in [2.05, 4.69) is 0 Å². The first-order chi connectivity index (χ1) is 11.3. The van der Waals surface area contributed by atoms with E-state index in [-0.39, 0.29) is 23.8 Å². The first-order valence-electron chi connectivity index (χ1n) is 8.48. The van der Waals surface area contributed by atoms with Crippen molar-refractivity contribution in [3.8, 4) is 0 Å². The molecule has 1 N–H and O–H groups in total. The van der Waals surface area contributed by atoms with Crippen LogP contribution in [0, 0.1) is 5.92 Å². The van der Waals surface area contributed by atoms with Gasteiger partial charge >= 0.3 is 6.18 Å². The predicted molar refractivity (Wildman–Crippen MR) is 83.3 cm³/mol. The highest BCUT2D eigenvalue weighted by molar-refractivity contribution is 5.79. The molecule has 0 radical (unpaired) electrons. The van der Waals surface area contributed by atoms with E-state index in [1.165, 1.54) is 12.1 Å². The van der Waals surface area contributed by atoms with Gasteiger partial charge in [0.15, 0.2) is 0 Å². The van der Waals surface area contributed by atoms with Gasteiger partial charge in [0.05, 0.1) is 11.7 Å². The molecule has 6 heteroatoms. The van der Waals surface area contributed by atoms with Gasteiger partial charge in [-0.15, -0.1) is 0 Å². The summed E-state index contributed by atoms with van der Waals surface area (Å²) in [6.45, 7) is 1.23. The molecule has 132 valence electrons. The Balaban J connectivity index is 1.60. The normalized spacial score (nSPS) is 28.2. The minimum Gasteiger partial charge on any atom is -0.393 e. The average molecular weight is 341 g/mol. The Labute approximate surface area is 139 Å². The van der Waals surface area contributed by atoms with E-state index in [1.807, 2.05) is 4.90 Å². The van der Waals surface area contributed by atoms with Crippen molar-refractivity contribution in [1.82, 2.24) is 4.90 Å². The fraction of sp³-hybridized carbons (Fsp3) is 0.611. The average Bonchev–Trinajstić information content (AvgIpc) is 3.04. The van der Waals surface area contributed by atoms with E-state index in [9.17, 15) is 23.1 Å². The number of aliphatic hydroxyl groups is 1. The van der Waals surface area contributed by atoms with Gasteiger partial charge in [-0.25, -0.2) is 0 Å². The van der Waals surface area contributed by atoms with Gasteiger partial charge < -0.3 is 10.0 Å². The van der Waals surface area contributed by atoms with E-state index >= 15 is 0 Å². The zero-order valence-electron chi connectivity index (χ0n) is 13.4. The molecule has 1 aliphatic carbocycles. The number of nitrogens with zero attached hydrogens (tertiary/aromatic N) is 1. The highest BCUT2D eigenvalue weighted by Crippen LogP contribution is 2.34. The summed E-state index contributed by atoms with van der Waals surface area (Å²) in [6, 6.07) is 5.28. The van der Waals surface area contributed by atoms with Crippen LogP contribution in [-0.4, -0.2) is 35.1 Å². The number of carbonyl (C=O) groups excluding carboxylic acids is 1. The van der Waals surface area contributed by atoms with Crippen LogP contribution >= 0.6 is 0 Å². The van der Waals surface area contributed by atoms with Crippen molar-refractivity contribution in [3.05, 3.63) is 35.4 Å². The number of benzene rings is 1. The number of amides is 1. The standard InChI is InChI=1S/C18H22F3NO2/c19-18(20,21)15-5-1-12(2-6-15)14-9-10-22(11-14)17(24)13-3-7-16(23)8-4-13/h1-2,5-6,13-14,16,23H,3-4,7-11H2/t13?,14-,16?/m0/s1. The van der Waals surface area contributed by atoms with Gasteiger partial charge in [0.1, 0.15) is 0 Å². The van der Waals surface area contributed by atoms with E-state index < -0.39 is 11.7 Å². The molecule has 1 saturated heterocycles. The molecule has 1 saturated carbocycles. The van der Waals surface area contributed by atoms with Crippen LogP contribution in [-0.2, 0) is 11.0 Å². The summed E-state index contributed by atoms with van der Waals surface area (Å²) in [7, 11) is 0. The summed E-state index contributed by atoms with van der Waals surface area (Å²) < 4.78 is 37.9. The number of halogens is 3. The van der Waals surface area contributed by atoms with E-state index in [4.69, 9.17) is 0 Å². The maximum Gasteiger partial charge on any atom is 0.416 e. The number of rotatable bonds is 2. The Bertz CT molecular complexity index is 577. The Morgan fingerprint density at radius 1 is 1.04 bits per heavy atom. The third-order valence-corrected chi connectivity index (χ3v) is 5.26. The van der Waals surface area contributed by atoms with E-state index in [1.54, 1.807) is 0 Å². The third-order valence-electron chi connectivity index (χ3n) is 5.26. The lowest BCUT2D eigenvalue weighted by atomic mass is 9.86. The molecule has 1 aliphatic heterocycles. The van der Waals surface area contributed by atoms with Crippen LogP contribution in [0.3, 0.4) is 0 Å². The first kappa shape index (κ1) is 17.3. The van der Waals surface area contributed by atoms with Crippen molar-refractivity contribution >= 4 is 5.91 Å². The van der Waals surface area contributed by atoms with E-state index in [0.29, 0.717) is 25.9 Å². The van der Waals surface area contributed by atoms with Crippen molar-refractivity contribution in [2.75, 3.05) is 13.1 Å². The molecule has 2 aliphatic rings. The second-order valence-corrected chi connectivity index (χ2v) is 6.90. The molecule has 1 amide bonds. The van der Waals surface area contributed by atoms with Gasteiger partial charge in [-0.3, -0.25) is 4.79 Å². The maximum absolute atomic E-state index is 12.6. The van der Waals surface area contributed by atoms with Crippen LogP contribution in [0.5, 0.6) is 0 Å². The Morgan fingerprint density at radius 2 is 1.67 bits per heavy atom. The molecule has 1 atom stereocenters. The third kappa shape index (κ3) is 3.74. The smallest absolute Gasteiger partial charge is 0.393 e. The molecule has 0 spiro atoms. The molecule has 0 aromatic heterocycles. The van der Waals surface area contributed by atoms with Crippen molar-refractivity contribution < 1.29 is 23.1 Å². The maximum atomic E-state index is 12.6. The van der Waals surface area contributed by atoms with Gasteiger partial charge in [0, 0.05) is 24.9 Å². The molecule has 0 unspecified atom stereocenters. The predicted octanol–water partition coefficient (Wildman–Crippen LogP) is 3.57. The number of alkyl halides is 3. The largest absolute Gasteiger partial charge is 0.416 e. The molecule has 0 bridgehead atoms. The zero-order valence-corrected chi connectivity index (χ0v) is 13.4. The molecule has 2 fully saturated rings. The fourth-order valence-electron chi connectivity index (χ4n) is 3.76. The Hall–Kier alpha value is -1.56. The molecule has 24 heavy (non-hydrogen) atoms. The molecule has 1 heterocycles. The first-order valence-corrected chi connectivity index (χ1v) is 8.48. The summed E-state index contributed by atoms with van der Waals surface area (Å²) in [4.78, 5) is 14.4. The number of hydrogen-bond donors (Lipinski definition) is 1. The van der Waals surface area contributed by atoms with Crippen LogP contribution < -0.4 is 0 Å². The van der Waals surface area contributed by atoms with Crippen LogP contribution in [0.25, 0.3) is 0 Å². The highest BCUT2D eigenvalue weighted by atomic mass is 19.4. The number of aliphatic hydroxyl groups excluding tert-OH is 1. The summed E-state index contributed by atoms with van der Waals surface area (Å²) in [5, 5.41) is 9.54. The van der Waals surface area contributed by atoms with Gasteiger partial charge in [0.25, 0.3) is 0 Å². The summed E-state index contributed by atoms with van der Waals surface area (Å²) in [6.07, 6.45) is -1.02. The van der Waals surface area contributed by atoms with Crippen molar-refractivity contribution in [1.29, 1.82) is 0 Å². The minimum atomic E-state index is -4.32. The molecule has 3 rings (SSSR count). The minimum absolute atomic E-state index is 0.0141. The van der Waals surface area contributed by atoms with Crippen LogP contribution in [0.1, 0.15) is 49.1 Å². The molecule has 1 aromatic rings. The van der Waals surface area contributed by atoms with Gasteiger partial charge in [-0.05, 0) is 49.8 Å². The van der Waals surface area contributed by atoms with Gasteiger partial charge in [-0.1, -0.05) is 12.1 Å². The Kier molecular flexibility index (Phi) is 4.85. The molecular weight excluding hydrogens is 319 g/mol. The van der Waals surface area contributed by atoms with Crippen LogP contribution in [0.15, 0.2) is 24.3 Å². The quantitative estimate of drug-likeness (QED) is 0.893. The monoisotopic (exact) mass is 341 g/mol. The van der Waals surface area contributed by atoms with Crippen molar-refractivity contribution in [2.24, 2.45) is 5.92 Å². The lowest BCUT2D eigenvalue weighted by Crippen LogP contribution is -2.36. The second kappa shape index (κ2) is 6.75. The zero-order chi connectivity index (χ0) is 17.3. The summed E-state index contributed by atoms with van der Waals surface area (Å²) in [5.74, 6) is 0.224. The lowest BCUT2D eigenvalue weighted by molar-refractivity contribution is -0.137. The molecular formula is C18H22F3NO2. The second-order valence-electron chi connectivity index (χ2n) is 6.90. The van der Waals surface area contributed by atoms with Crippen molar-refractivity contribution in [2.45, 2.75) is 50.3 Å². The fourth-order valence-corrected chi connectivity index (χ4v) is 3.76. The van der Waals surface area contributed by atoms with Gasteiger partial charge in [0.2, 0.25) is 5.91 Å². The molecule has 1 aromatic carbocycles. The van der Waals surface area contributed by atoms with Gasteiger partial charge in [-0.2, -0.15) is 13.2 Å². The topological polar surface area (TPSA) is 40.5 Å². The number of likely N-dealkylation sites (tertiary alicyclic amines) is 1. The number of hydrogen-bond acceptors (Lipinski definition) is 2. The molecule has 3 nitrogen and oxygen atoms in total. The lowest BCUT2D eigenvalue weighted by Gasteiger charge is -2.28.